The average molecular weight is 186 g/mol. The first-order valence-electron chi connectivity index (χ1n) is 3.99. The summed E-state index contributed by atoms with van der Waals surface area (Å²) in [5.41, 5.74) is 11.3. The second-order valence-electron chi connectivity index (χ2n) is 2.77. The van der Waals surface area contributed by atoms with Crippen LogP contribution in [0.2, 0.25) is 0 Å². The first-order valence-corrected chi connectivity index (χ1v) is 3.99. The topological polar surface area (TPSA) is 52.0 Å². The average Bonchev–Trinajstić information content (AvgIpc) is 2.16. The molecule has 1 aromatic rings. The molecule has 1 atom stereocenters. The summed E-state index contributed by atoms with van der Waals surface area (Å²) in [6.07, 6.45) is -2.49. The van der Waals surface area contributed by atoms with Crippen LogP contribution in [-0.4, -0.2) is 6.54 Å². The van der Waals surface area contributed by atoms with E-state index in [1.165, 1.54) is 6.07 Å². The Kier molecular flexibility index (Phi) is 3.33. The molecule has 0 heterocycles. The number of halogens is 2. The van der Waals surface area contributed by atoms with E-state index < -0.39 is 12.5 Å². The fourth-order valence-electron chi connectivity index (χ4n) is 1.17. The minimum atomic E-state index is -2.49. The van der Waals surface area contributed by atoms with E-state index in [4.69, 9.17) is 11.5 Å². The Labute approximate surface area is 75.5 Å². The van der Waals surface area contributed by atoms with Gasteiger partial charge < -0.3 is 11.5 Å². The van der Waals surface area contributed by atoms with Gasteiger partial charge in [-0.25, -0.2) is 8.78 Å². The highest BCUT2D eigenvalue weighted by atomic mass is 19.3. The number of nitrogens with two attached hydrogens (primary N) is 2. The van der Waals surface area contributed by atoms with Crippen LogP contribution in [-0.2, 0) is 0 Å². The van der Waals surface area contributed by atoms with E-state index in [2.05, 4.69) is 0 Å². The molecule has 13 heavy (non-hydrogen) atoms. The molecule has 0 aromatic heterocycles. The molecule has 0 fully saturated rings. The fraction of sp³-hybridized carbons (Fsp3) is 0.333. The normalized spacial score (nSPS) is 13.3. The molecule has 0 radical (unpaired) electrons. The molecule has 4 heteroatoms. The van der Waals surface area contributed by atoms with Crippen LogP contribution in [0.3, 0.4) is 0 Å². The quantitative estimate of drug-likeness (QED) is 0.753. The Morgan fingerprint density at radius 3 is 2.15 bits per heavy atom. The van der Waals surface area contributed by atoms with Crippen molar-refractivity contribution in [1.29, 1.82) is 0 Å². The van der Waals surface area contributed by atoms with Crippen LogP contribution in [0.15, 0.2) is 24.3 Å². The molecule has 0 saturated carbocycles. The third-order valence-corrected chi connectivity index (χ3v) is 1.88. The van der Waals surface area contributed by atoms with Crippen LogP contribution in [0.25, 0.3) is 0 Å². The first kappa shape index (κ1) is 10.1. The number of rotatable bonds is 3. The summed E-state index contributed by atoms with van der Waals surface area (Å²) in [6, 6.07) is 5.68. The Balaban J connectivity index is 3.04. The van der Waals surface area contributed by atoms with Gasteiger partial charge in [0.15, 0.2) is 0 Å². The van der Waals surface area contributed by atoms with Crippen molar-refractivity contribution >= 4 is 0 Å². The number of alkyl halides is 2. The molecule has 0 saturated heterocycles. The third kappa shape index (κ3) is 2.23. The zero-order valence-corrected chi connectivity index (χ0v) is 7.08. The van der Waals surface area contributed by atoms with Crippen molar-refractivity contribution in [3.63, 3.8) is 0 Å². The van der Waals surface area contributed by atoms with E-state index in [9.17, 15) is 8.78 Å². The summed E-state index contributed by atoms with van der Waals surface area (Å²) in [7, 11) is 0. The van der Waals surface area contributed by atoms with Crippen molar-refractivity contribution in [2.75, 3.05) is 6.54 Å². The fourth-order valence-corrected chi connectivity index (χ4v) is 1.17. The smallest absolute Gasteiger partial charge is 0.264 e. The van der Waals surface area contributed by atoms with Crippen molar-refractivity contribution in [2.45, 2.75) is 12.5 Å². The predicted octanol–water partition coefficient (Wildman–Crippen LogP) is 1.58. The van der Waals surface area contributed by atoms with Crippen LogP contribution in [0.5, 0.6) is 0 Å². The molecule has 0 unspecified atom stereocenters. The van der Waals surface area contributed by atoms with Crippen LogP contribution >= 0.6 is 0 Å². The summed E-state index contributed by atoms with van der Waals surface area (Å²) in [6.45, 7) is 0.170. The second kappa shape index (κ2) is 4.30. The predicted molar refractivity (Wildman–Crippen MR) is 47.4 cm³/mol. The summed E-state index contributed by atoms with van der Waals surface area (Å²) >= 11 is 0. The SMILES string of the molecule is NC[C@H](N)c1ccccc1C(F)F. The zero-order chi connectivity index (χ0) is 9.84. The highest BCUT2D eigenvalue weighted by molar-refractivity contribution is 5.30. The lowest BCUT2D eigenvalue weighted by atomic mass is 10.0. The van der Waals surface area contributed by atoms with Gasteiger partial charge >= 0.3 is 0 Å². The molecule has 0 aliphatic rings. The maximum Gasteiger partial charge on any atom is 0.264 e. The monoisotopic (exact) mass is 186 g/mol. The maximum absolute atomic E-state index is 12.4. The highest BCUT2D eigenvalue weighted by Gasteiger charge is 2.15. The Morgan fingerprint density at radius 2 is 1.69 bits per heavy atom. The third-order valence-electron chi connectivity index (χ3n) is 1.88. The zero-order valence-electron chi connectivity index (χ0n) is 7.08. The molecular formula is C9H12F2N2. The van der Waals surface area contributed by atoms with E-state index in [0.29, 0.717) is 5.56 Å². The Hall–Kier alpha value is -1.00. The van der Waals surface area contributed by atoms with E-state index >= 15 is 0 Å². The van der Waals surface area contributed by atoms with Crippen molar-refractivity contribution < 1.29 is 8.78 Å². The minimum absolute atomic E-state index is 0.0274. The van der Waals surface area contributed by atoms with E-state index in [1.54, 1.807) is 18.2 Å². The van der Waals surface area contributed by atoms with Crippen molar-refractivity contribution in [3.8, 4) is 0 Å². The van der Waals surface area contributed by atoms with Crippen molar-refractivity contribution in [3.05, 3.63) is 35.4 Å². The number of hydrogen-bond donors (Lipinski definition) is 2. The summed E-state index contributed by atoms with van der Waals surface area (Å²) in [5, 5.41) is 0. The molecule has 1 aromatic carbocycles. The molecule has 0 aliphatic carbocycles. The minimum Gasteiger partial charge on any atom is -0.329 e. The van der Waals surface area contributed by atoms with Gasteiger partial charge in [0.05, 0.1) is 0 Å². The Bertz CT molecular complexity index is 276. The molecule has 0 spiro atoms. The van der Waals surface area contributed by atoms with Gasteiger partial charge in [-0.15, -0.1) is 0 Å². The molecular weight excluding hydrogens is 174 g/mol. The van der Waals surface area contributed by atoms with Gasteiger partial charge in [0.2, 0.25) is 0 Å². The van der Waals surface area contributed by atoms with Crippen LogP contribution in [0.1, 0.15) is 23.6 Å². The molecule has 0 aliphatic heterocycles. The highest BCUT2D eigenvalue weighted by Crippen LogP contribution is 2.25. The van der Waals surface area contributed by atoms with Crippen molar-refractivity contribution in [1.82, 2.24) is 0 Å². The summed E-state index contributed by atoms with van der Waals surface area (Å²) in [4.78, 5) is 0. The van der Waals surface area contributed by atoms with E-state index in [1.807, 2.05) is 0 Å². The molecule has 72 valence electrons. The van der Waals surface area contributed by atoms with Gasteiger partial charge in [0.25, 0.3) is 6.43 Å². The second-order valence-corrected chi connectivity index (χ2v) is 2.77. The molecule has 4 N–H and O–H groups in total. The van der Waals surface area contributed by atoms with Gasteiger partial charge in [0, 0.05) is 18.2 Å². The van der Waals surface area contributed by atoms with Crippen LogP contribution < -0.4 is 11.5 Å². The van der Waals surface area contributed by atoms with Gasteiger partial charge in [-0.3, -0.25) is 0 Å². The van der Waals surface area contributed by atoms with Crippen LogP contribution in [0, 0.1) is 0 Å². The number of benzene rings is 1. The summed E-state index contributed by atoms with van der Waals surface area (Å²) < 4.78 is 24.9. The Morgan fingerprint density at radius 1 is 1.15 bits per heavy atom. The van der Waals surface area contributed by atoms with E-state index in [-0.39, 0.29) is 12.1 Å². The van der Waals surface area contributed by atoms with Crippen LogP contribution in [0.4, 0.5) is 8.78 Å². The van der Waals surface area contributed by atoms with Gasteiger partial charge in [-0.2, -0.15) is 0 Å². The lowest BCUT2D eigenvalue weighted by molar-refractivity contribution is 0.149. The standard InChI is InChI=1S/C9H12F2N2/c10-9(11)7-4-2-1-3-6(7)8(13)5-12/h1-4,8-9H,5,12-13H2/t8-/m0/s1. The lowest BCUT2D eigenvalue weighted by Gasteiger charge is -2.13. The number of hydrogen-bond acceptors (Lipinski definition) is 2. The van der Waals surface area contributed by atoms with Gasteiger partial charge in [-0.1, -0.05) is 24.3 Å². The largest absolute Gasteiger partial charge is 0.329 e. The molecule has 0 bridgehead atoms. The lowest BCUT2D eigenvalue weighted by Crippen LogP contribution is -2.22. The van der Waals surface area contributed by atoms with Crippen molar-refractivity contribution in [2.24, 2.45) is 11.5 Å². The first-order chi connectivity index (χ1) is 6.16. The van der Waals surface area contributed by atoms with Gasteiger partial charge in [-0.05, 0) is 5.56 Å². The van der Waals surface area contributed by atoms with E-state index in [0.717, 1.165) is 0 Å². The molecule has 2 nitrogen and oxygen atoms in total. The van der Waals surface area contributed by atoms with Gasteiger partial charge in [0.1, 0.15) is 0 Å². The summed E-state index contributed by atoms with van der Waals surface area (Å²) in [5.74, 6) is 0. The maximum atomic E-state index is 12.4. The molecule has 1 rings (SSSR count). The molecule has 0 amide bonds.